The Morgan fingerprint density at radius 3 is 2.89 bits per heavy atom. The van der Waals surface area contributed by atoms with E-state index in [0.717, 1.165) is 0 Å². The molecule has 1 fully saturated rings. The van der Waals surface area contributed by atoms with Gasteiger partial charge in [-0.25, -0.2) is 0 Å². The smallest absolute Gasteiger partial charge is 0.310 e. The molecule has 1 amide bonds. The molecule has 0 spiro atoms. The molecule has 1 heterocycles. The third kappa shape index (κ3) is 2.66. The fourth-order valence-corrected chi connectivity index (χ4v) is 2.37. The zero-order valence-corrected chi connectivity index (χ0v) is 11.3. The summed E-state index contributed by atoms with van der Waals surface area (Å²) in [5.74, 6) is -0.741. The van der Waals surface area contributed by atoms with Crippen LogP contribution in [0.25, 0.3) is 0 Å². The van der Waals surface area contributed by atoms with Crippen LogP contribution in [0.2, 0.25) is 5.02 Å². The van der Waals surface area contributed by atoms with Gasteiger partial charge in [0, 0.05) is 13.1 Å². The molecule has 0 aromatic heterocycles. The number of likely N-dealkylation sites (tertiary alicyclic amines) is 1. The molecule has 2 rings (SSSR count). The molecule has 5 nitrogen and oxygen atoms in total. The molecule has 1 unspecified atom stereocenters. The summed E-state index contributed by atoms with van der Waals surface area (Å²) in [6.45, 7) is 0.877. The predicted octanol–water partition coefficient (Wildman–Crippen LogP) is 1.56. The van der Waals surface area contributed by atoms with E-state index in [-0.39, 0.29) is 23.5 Å². The summed E-state index contributed by atoms with van der Waals surface area (Å²) >= 11 is 5.90. The van der Waals surface area contributed by atoms with Gasteiger partial charge in [-0.1, -0.05) is 17.7 Å². The van der Waals surface area contributed by atoms with E-state index in [1.165, 1.54) is 7.11 Å². The molecule has 102 valence electrons. The number of hydrogen-bond donors (Lipinski definition) is 1. The standard InChI is InChI=1S/C13H15ClN2O3/c1-19-13(18)8-5-6-16(7-8)12(17)9-3-2-4-10(14)11(9)15/h2-4,8H,5-7,15H2,1H3. The third-order valence-electron chi connectivity index (χ3n) is 3.29. The maximum absolute atomic E-state index is 12.3. The SMILES string of the molecule is COC(=O)C1CCN(C(=O)c2cccc(Cl)c2N)C1. The number of carbonyl (C=O) groups excluding carboxylic acids is 2. The van der Waals surface area contributed by atoms with Gasteiger partial charge in [0.25, 0.3) is 5.91 Å². The first-order valence-electron chi connectivity index (χ1n) is 5.95. The number of carbonyl (C=O) groups is 2. The van der Waals surface area contributed by atoms with Crippen LogP contribution in [0.4, 0.5) is 5.69 Å². The van der Waals surface area contributed by atoms with Crippen molar-refractivity contribution in [2.75, 3.05) is 25.9 Å². The molecule has 19 heavy (non-hydrogen) atoms. The number of nitrogen functional groups attached to an aromatic ring is 1. The number of ether oxygens (including phenoxy) is 1. The van der Waals surface area contributed by atoms with Crippen molar-refractivity contribution in [3.05, 3.63) is 28.8 Å². The van der Waals surface area contributed by atoms with Crippen molar-refractivity contribution in [2.24, 2.45) is 5.92 Å². The lowest BCUT2D eigenvalue weighted by molar-refractivity contribution is -0.144. The molecule has 6 heteroatoms. The second-order valence-corrected chi connectivity index (χ2v) is 4.87. The Bertz CT molecular complexity index is 519. The Balaban J connectivity index is 2.14. The van der Waals surface area contributed by atoms with E-state index >= 15 is 0 Å². The Labute approximate surface area is 116 Å². The number of rotatable bonds is 2. The van der Waals surface area contributed by atoms with Crippen molar-refractivity contribution in [1.29, 1.82) is 0 Å². The average molecular weight is 283 g/mol. The number of benzene rings is 1. The minimum absolute atomic E-state index is 0.202. The summed E-state index contributed by atoms with van der Waals surface area (Å²) in [5.41, 5.74) is 6.45. The molecule has 2 N–H and O–H groups in total. The van der Waals surface area contributed by atoms with Crippen LogP contribution in [0.5, 0.6) is 0 Å². The van der Waals surface area contributed by atoms with Gasteiger partial charge in [-0.2, -0.15) is 0 Å². The van der Waals surface area contributed by atoms with Crippen LogP contribution in [0.3, 0.4) is 0 Å². The number of methoxy groups -OCH3 is 1. The Morgan fingerprint density at radius 2 is 2.21 bits per heavy atom. The number of nitrogens with two attached hydrogens (primary N) is 1. The highest BCUT2D eigenvalue weighted by molar-refractivity contribution is 6.33. The zero-order valence-electron chi connectivity index (χ0n) is 10.6. The topological polar surface area (TPSA) is 72.6 Å². The summed E-state index contributed by atoms with van der Waals surface area (Å²) in [6.07, 6.45) is 0.610. The monoisotopic (exact) mass is 282 g/mol. The number of para-hydroxylation sites is 1. The highest BCUT2D eigenvalue weighted by atomic mass is 35.5. The Hall–Kier alpha value is -1.75. The lowest BCUT2D eigenvalue weighted by Gasteiger charge is -2.17. The van der Waals surface area contributed by atoms with Crippen molar-refractivity contribution in [3.8, 4) is 0 Å². The molecule has 1 aliphatic rings. The van der Waals surface area contributed by atoms with Crippen LogP contribution < -0.4 is 5.73 Å². The Kier molecular flexibility index (Phi) is 3.95. The fraction of sp³-hybridized carbons (Fsp3) is 0.385. The number of hydrogen-bond acceptors (Lipinski definition) is 4. The lowest BCUT2D eigenvalue weighted by Crippen LogP contribution is -2.30. The van der Waals surface area contributed by atoms with E-state index in [0.29, 0.717) is 30.1 Å². The van der Waals surface area contributed by atoms with Gasteiger partial charge in [0.05, 0.1) is 29.3 Å². The summed E-state index contributed by atoms with van der Waals surface area (Å²) < 4.78 is 4.69. The fourth-order valence-electron chi connectivity index (χ4n) is 2.20. The summed E-state index contributed by atoms with van der Waals surface area (Å²) in [6, 6.07) is 4.95. The average Bonchev–Trinajstić information content (AvgIpc) is 2.90. The summed E-state index contributed by atoms with van der Waals surface area (Å²) in [7, 11) is 1.35. The van der Waals surface area contributed by atoms with E-state index in [9.17, 15) is 9.59 Å². The first kappa shape index (κ1) is 13.7. The molecule has 1 aromatic rings. The normalized spacial score (nSPS) is 18.4. The van der Waals surface area contributed by atoms with Crippen LogP contribution in [0.15, 0.2) is 18.2 Å². The van der Waals surface area contributed by atoms with Gasteiger partial charge in [0.2, 0.25) is 0 Å². The molecule has 1 atom stereocenters. The molecule has 0 saturated carbocycles. The highest BCUT2D eigenvalue weighted by Gasteiger charge is 2.32. The van der Waals surface area contributed by atoms with Crippen molar-refractivity contribution < 1.29 is 14.3 Å². The number of nitrogens with zero attached hydrogens (tertiary/aromatic N) is 1. The number of amides is 1. The van der Waals surface area contributed by atoms with E-state index in [1.54, 1.807) is 23.1 Å². The van der Waals surface area contributed by atoms with Crippen molar-refractivity contribution >= 4 is 29.2 Å². The van der Waals surface area contributed by atoms with Crippen molar-refractivity contribution in [2.45, 2.75) is 6.42 Å². The molecule has 0 aliphatic carbocycles. The van der Waals surface area contributed by atoms with Gasteiger partial charge in [-0.3, -0.25) is 9.59 Å². The summed E-state index contributed by atoms with van der Waals surface area (Å²) in [5, 5.41) is 0.356. The molecule has 0 radical (unpaired) electrons. The first-order chi connectivity index (χ1) is 9.04. The van der Waals surface area contributed by atoms with Gasteiger partial charge >= 0.3 is 5.97 Å². The van der Waals surface area contributed by atoms with Gasteiger partial charge in [0.15, 0.2) is 0 Å². The zero-order chi connectivity index (χ0) is 14.0. The minimum atomic E-state index is -0.283. The van der Waals surface area contributed by atoms with Crippen LogP contribution >= 0.6 is 11.6 Å². The number of anilines is 1. The lowest BCUT2D eigenvalue weighted by atomic mass is 10.1. The molecule has 0 bridgehead atoms. The van der Waals surface area contributed by atoms with Gasteiger partial charge in [-0.05, 0) is 18.6 Å². The third-order valence-corrected chi connectivity index (χ3v) is 3.62. The van der Waals surface area contributed by atoms with E-state index in [2.05, 4.69) is 4.74 Å². The van der Waals surface area contributed by atoms with E-state index < -0.39 is 0 Å². The van der Waals surface area contributed by atoms with E-state index in [1.807, 2.05) is 0 Å². The largest absolute Gasteiger partial charge is 0.469 e. The van der Waals surface area contributed by atoms with Crippen LogP contribution in [0, 0.1) is 5.92 Å². The Morgan fingerprint density at radius 1 is 1.47 bits per heavy atom. The van der Waals surface area contributed by atoms with Crippen molar-refractivity contribution in [3.63, 3.8) is 0 Å². The van der Waals surface area contributed by atoms with Crippen LogP contribution in [-0.2, 0) is 9.53 Å². The van der Waals surface area contributed by atoms with Gasteiger partial charge < -0.3 is 15.4 Å². The van der Waals surface area contributed by atoms with Crippen molar-refractivity contribution in [1.82, 2.24) is 4.90 Å². The first-order valence-corrected chi connectivity index (χ1v) is 6.33. The molecular weight excluding hydrogens is 268 g/mol. The maximum atomic E-state index is 12.3. The van der Waals surface area contributed by atoms with Gasteiger partial charge in [-0.15, -0.1) is 0 Å². The predicted molar refractivity (Wildman–Crippen MR) is 71.9 cm³/mol. The van der Waals surface area contributed by atoms with Crippen LogP contribution in [0.1, 0.15) is 16.8 Å². The quantitative estimate of drug-likeness (QED) is 0.660. The molecule has 1 aliphatic heterocycles. The highest BCUT2D eigenvalue weighted by Crippen LogP contribution is 2.26. The van der Waals surface area contributed by atoms with E-state index in [4.69, 9.17) is 17.3 Å². The van der Waals surface area contributed by atoms with Gasteiger partial charge in [0.1, 0.15) is 0 Å². The summed E-state index contributed by atoms with van der Waals surface area (Å²) in [4.78, 5) is 25.3. The second-order valence-electron chi connectivity index (χ2n) is 4.46. The van der Waals surface area contributed by atoms with Crippen LogP contribution in [-0.4, -0.2) is 37.0 Å². The minimum Gasteiger partial charge on any atom is -0.469 e. The molecule has 1 aromatic carbocycles. The maximum Gasteiger partial charge on any atom is 0.310 e. The molecular formula is C13H15ClN2O3. The molecule has 1 saturated heterocycles. The second kappa shape index (κ2) is 5.48. The number of halogens is 1. The number of esters is 1.